The van der Waals surface area contributed by atoms with Crippen LogP contribution in [-0.4, -0.2) is 49.2 Å². The van der Waals surface area contributed by atoms with Crippen LogP contribution in [0.15, 0.2) is 133 Å². The Labute approximate surface area is 301 Å². The van der Waals surface area contributed by atoms with Crippen molar-refractivity contribution >= 4 is 23.9 Å². The van der Waals surface area contributed by atoms with E-state index in [1.54, 1.807) is 24.3 Å². The molecule has 0 aliphatic heterocycles. The monoisotopic (exact) mass is 697 g/mol. The third kappa shape index (κ3) is 9.22. The topological polar surface area (TPSA) is 146 Å². The van der Waals surface area contributed by atoms with Gasteiger partial charge in [0.25, 0.3) is 5.91 Å². The van der Waals surface area contributed by atoms with Gasteiger partial charge in [0.2, 0.25) is 5.91 Å². The van der Waals surface area contributed by atoms with E-state index in [0.29, 0.717) is 11.3 Å². The van der Waals surface area contributed by atoms with Gasteiger partial charge in [-0.25, -0.2) is 9.59 Å². The highest BCUT2D eigenvalue weighted by molar-refractivity contribution is 5.90. The number of nitrogens with one attached hydrogen (secondary N) is 2. The molecule has 0 spiro atoms. The molecular weight excluding hydrogens is 658 g/mol. The van der Waals surface area contributed by atoms with Crippen LogP contribution in [0.2, 0.25) is 0 Å². The van der Waals surface area contributed by atoms with Crippen molar-refractivity contribution in [1.82, 2.24) is 10.6 Å². The van der Waals surface area contributed by atoms with E-state index in [1.165, 1.54) is 0 Å². The molecule has 0 heterocycles. The molecule has 0 saturated heterocycles. The zero-order valence-corrected chi connectivity index (χ0v) is 28.4. The smallest absolute Gasteiger partial charge is 0.407 e. The standard InChI is InChI=1S/C42H39N3O7/c43-39(46)27-50-31-21-19-30(20-22-31)25-51-41(48)38(24-29-13-5-2-6-14-29)44-40(47)37(23-28-11-3-1-4-12-28)45-42(49)52-26-36-34-17-9-7-15-32(34)33-16-8-10-18-35(33)36/h1-22,36-38H,23-27H2,(H2,43,46)(H,44,47)(H,45,49)/t37-,38-/m0/s1. The average molecular weight is 698 g/mol. The second-order valence-corrected chi connectivity index (χ2v) is 12.5. The summed E-state index contributed by atoms with van der Waals surface area (Å²) in [4.78, 5) is 51.9. The second-order valence-electron chi connectivity index (χ2n) is 12.5. The van der Waals surface area contributed by atoms with E-state index in [-0.39, 0.29) is 38.6 Å². The molecule has 0 radical (unpaired) electrons. The summed E-state index contributed by atoms with van der Waals surface area (Å²) in [6.07, 6.45) is -0.425. The second kappa shape index (κ2) is 17.0. The Morgan fingerprint density at radius 2 is 1.13 bits per heavy atom. The van der Waals surface area contributed by atoms with E-state index >= 15 is 0 Å². The molecule has 10 nitrogen and oxygen atoms in total. The SMILES string of the molecule is NC(=O)COc1ccc(COC(=O)[C@H](Cc2ccccc2)NC(=O)[C@H](Cc2ccccc2)NC(=O)OCC2c3ccccc3-c3ccccc32)cc1. The molecule has 6 rings (SSSR count). The molecule has 1 aliphatic rings. The minimum absolute atomic E-state index is 0.0679. The number of hydrogen-bond acceptors (Lipinski definition) is 7. The van der Waals surface area contributed by atoms with Gasteiger partial charge < -0.3 is 30.6 Å². The molecule has 0 bridgehead atoms. The van der Waals surface area contributed by atoms with E-state index in [9.17, 15) is 19.2 Å². The summed E-state index contributed by atoms with van der Waals surface area (Å²) in [5.41, 5.74) is 11.8. The first-order valence-electron chi connectivity index (χ1n) is 17.0. The third-order valence-electron chi connectivity index (χ3n) is 8.80. The summed E-state index contributed by atoms with van der Waals surface area (Å²) in [5, 5.41) is 5.60. The molecule has 3 amide bonds. The van der Waals surface area contributed by atoms with E-state index in [2.05, 4.69) is 22.8 Å². The summed E-state index contributed by atoms with van der Waals surface area (Å²) in [5.74, 6) is -1.51. The normalized spacial score (nSPS) is 12.8. The van der Waals surface area contributed by atoms with Crippen LogP contribution in [0.3, 0.4) is 0 Å². The zero-order chi connectivity index (χ0) is 36.3. The number of esters is 1. The van der Waals surface area contributed by atoms with E-state index in [1.807, 2.05) is 97.1 Å². The minimum Gasteiger partial charge on any atom is -0.484 e. The van der Waals surface area contributed by atoms with Gasteiger partial charge in [-0.1, -0.05) is 121 Å². The number of alkyl carbamates (subject to hydrolysis) is 1. The lowest BCUT2D eigenvalue weighted by Gasteiger charge is -2.23. The van der Waals surface area contributed by atoms with E-state index in [4.69, 9.17) is 19.9 Å². The van der Waals surface area contributed by atoms with Crippen molar-refractivity contribution in [2.45, 2.75) is 37.5 Å². The fourth-order valence-corrected chi connectivity index (χ4v) is 6.25. The lowest BCUT2D eigenvalue weighted by Crippen LogP contribution is -2.53. The van der Waals surface area contributed by atoms with Gasteiger partial charge in [-0.2, -0.15) is 0 Å². The van der Waals surface area contributed by atoms with Crippen LogP contribution in [0.4, 0.5) is 4.79 Å². The summed E-state index contributed by atoms with van der Waals surface area (Å²) in [6.45, 7) is -0.237. The lowest BCUT2D eigenvalue weighted by molar-refractivity contribution is -0.149. The van der Waals surface area contributed by atoms with Crippen molar-refractivity contribution in [3.05, 3.63) is 161 Å². The van der Waals surface area contributed by atoms with Gasteiger partial charge in [0.1, 0.15) is 31.0 Å². The van der Waals surface area contributed by atoms with E-state index in [0.717, 1.165) is 33.4 Å². The number of hydrogen-bond donors (Lipinski definition) is 3. The molecule has 0 aromatic heterocycles. The number of amides is 3. The van der Waals surface area contributed by atoms with Gasteiger partial charge >= 0.3 is 12.1 Å². The molecule has 5 aromatic carbocycles. The molecule has 264 valence electrons. The van der Waals surface area contributed by atoms with Crippen molar-refractivity contribution in [2.24, 2.45) is 5.73 Å². The average Bonchev–Trinajstić information content (AvgIpc) is 3.49. The lowest BCUT2D eigenvalue weighted by atomic mass is 9.98. The zero-order valence-electron chi connectivity index (χ0n) is 28.4. The number of fused-ring (bicyclic) bond motifs is 3. The highest BCUT2D eigenvalue weighted by atomic mass is 16.5. The largest absolute Gasteiger partial charge is 0.484 e. The maximum absolute atomic E-state index is 14.0. The van der Waals surface area contributed by atoms with Gasteiger partial charge in [-0.15, -0.1) is 0 Å². The summed E-state index contributed by atoms with van der Waals surface area (Å²) < 4.78 is 16.7. The number of ether oxygens (including phenoxy) is 3. The Morgan fingerprint density at radius 3 is 1.71 bits per heavy atom. The Bertz CT molecular complexity index is 1960. The molecule has 0 fully saturated rings. The fourth-order valence-electron chi connectivity index (χ4n) is 6.25. The highest BCUT2D eigenvalue weighted by Gasteiger charge is 2.31. The Balaban J connectivity index is 1.14. The first kappa shape index (κ1) is 35.4. The maximum atomic E-state index is 14.0. The van der Waals surface area contributed by atoms with E-state index < -0.39 is 36.0 Å². The van der Waals surface area contributed by atoms with Gasteiger partial charge in [0, 0.05) is 18.8 Å². The molecule has 5 aromatic rings. The van der Waals surface area contributed by atoms with Crippen LogP contribution in [0, 0.1) is 0 Å². The maximum Gasteiger partial charge on any atom is 0.407 e. The molecule has 1 aliphatic carbocycles. The molecule has 4 N–H and O–H groups in total. The Hall–Kier alpha value is -6.42. The first-order chi connectivity index (χ1) is 25.3. The van der Waals surface area contributed by atoms with Crippen molar-refractivity contribution in [3.63, 3.8) is 0 Å². The number of carbonyl (C=O) groups excluding carboxylic acids is 4. The molecule has 2 atom stereocenters. The number of nitrogens with two attached hydrogens (primary N) is 1. The summed E-state index contributed by atoms with van der Waals surface area (Å²) >= 11 is 0. The fraction of sp³-hybridized carbons (Fsp3) is 0.190. The van der Waals surface area contributed by atoms with Gasteiger partial charge in [0.15, 0.2) is 6.61 Å². The number of primary amides is 1. The molecule has 0 unspecified atom stereocenters. The van der Waals surface area contributed by atoms with Crippen LogP contribution in [0.25, 0.3) is 11.1 Å². The molecular formula is C42H39N3O7. The summed E-state index contributed by atoms with van der Waals surface area (Å²) in [6, 6.07) is 39.2. The van der Waals surface area contributed by atoms with Crippen LogP contribution in [0.5, 0.6) is 5.75 Å². The number of rotatable bonds is 15. The Kier molecular flexibility index (Phi) is 11.6. The first-order valence-corrected chi connectivity index (χ1v) is 17.0. The van der Waals surface area contributed by atoms with Crippen molar-refractivity contribution in [2.75, 3.05) is 13.2 Å². The third-order valence-corrected chi connectivity index (χ3v) is 8.80. The quantitative estimate of drug-likeness (QED) is 0.123. The molecule has 52 heavy (non-hydrogen) atoms. The predicted molar refractivity (Wildman–Crippen MR) is 195 cm³/mol. The van der Waals surface area contributed by atoms with Crippen molar-refractivity contribution in [3.8, 4) is 16.9 Å². The van der Waals surface area contributed by atoms with Gasteiger partial charge in [-0.3, -0.25) is 9.59 Å². The molecule has 0 saturated carbocycles. The van der Waals surface area contributed by atoms with Crippen LogP contribution >= 0.6 is 0 Å². The van der Waals surface area contributed by atoms with Gasteiger partial charge in [0.05, 0.1) is 0 Å². The predicted octanol–water partition coefficient (Wildman–Crippen LogP) is 5.47. The van der Waals surface area contributed by atoms with Crippen molar-refractivity contribution < 1.29 is 33.4 Å². The number of carbonyl (C=O) groups is 4. The van der Waals surface area contributed by atoms with Crippen molar-refractivity contribution in [1.29, 1.82) is 0 Å². The van der Waals surface area contributed by atoms with Crippen LogP contribution < -0.4 is 21.1 Å². The Morgan fingerprint density at radius 1 is 0.596 bits per heavy atom. The van der Waals surface area contributed by atoms with Crippen LogP contribution in [0.1, 0.15) is 33.7 Å². The van der Waals surface area contributed by atoms with Gasteiger partial charge in [-0.05, 0) is 51.1 Å². The number of benzene rings is 5. The minimum atomic E-state index is -1.06. The summed E-state index contributed by atoms with van der Waals surface area (Å²) in [7, 11) is 0. The highest BCUT2D eigenvalue weighted by Crippen LogP contribution is 2.44. The molecule has 10 heteroatoms. The van der Waals surface area contributed by atoms with Crippen LogP contribution in [-0.2, 0) is 43.3 Å².